The van der Waals surface area contributed by atoms with E-state index in [2.05, 4.69) is 40.3 Å². The van der Waals surface area contributed by atoms with Gasteiger partial charge in [0.25, 0.3) is 0 Å². The van der Waals surface area contributed by atoms with E-state index in [0.717, 1.165) is 6.04 Å². The molecule has 0 aromatic carbocycles. The Labute approximate surface area is 154 Å². The van der Waals surface area contributed by atoms with E-state index in [4.69, 9.17) is 15.0 Å². The lowest BCUT2D eigenvalue weighted by Crippen LogP contribution is -2.68. The van der Waals surface area contributed by atoms with Crippen molar-refractivity contribution in [1.82, 2.24) is 10.6 Å². The number of nitrogens with zero attached hydrogens (tertiary/aromatic N) is 3. The lowest BCUT2D eigenvalue weighted by molar-refractivity contribution is -0.236. The van der Waals surface area contributed by atoms with Crippen molar-refractivity contribution in [3.63, 3.8) is 0 Å². The number of carbonyl (C=O) groups is 2. The first kappa shape index (κ1) is 22.4. The van der Waals surface area contributed by atoms with E-state index >= 15 is 0 Å². The third-order valence-corrected chi connectivity index (χ3v) is 5.64. The molecule has 0 radical (unpaired) electrons. The molecular weight excluding hydrogens is 358 g/mol. The zero-order valence-corrected chi connectivity index (χ0v) is 16.9. The van der Waals surface area contributed by atoms with Crippen molar-refractivity contribution < 1.29 is 24.2 Å². The van der Waals surface area contributed by atoms with Gasteiger partial charge in [-0.15, -0.1) is 0 Å². The van der Waals surface area contributed by atoms with Gasteiger partial charge in [0.2, 0.25) is 11.8 Å². The van der Waals surface area contributed by atoms with E-state index < -0.39 is 38.7 Å². The van der Waals surface area contributed by atoms with Crippen molar-refractivity contribution in [2.75, 3.05) is 13.2 Å². The van der Waals surface area contributed by atoms with E-state index in [-0.39, 0.29) is 18.4 Å². The van der Waals surface area contributed by atoms with Gasteiger partial charge in [0.1, 0.15) is 12.1 Å². The zero-order valence-electron chi connectivity index (χ0n) is 15.9. The highest BCUT2D eigenvalue weighted by Crippen LogP contribution is 2.24. The van der Waals surface area contributed by atoms with Crippen LogP contribution in [0, 0.1) is 0 Å². The highest BCUT2D eigenvalue weighted by molar-refractivity contribution is 6.76. The summed E-state index contributed by atoms with van der Waals surface area (Å²) in [6.45, 7) is 9.58. The third kappa shape index (κ3) is 7.30. The summed E-state index contributed by atoms with van der Waals surface area (Å²) in [5.41, 5.74) is 8.57. The van der Waals surface area contributed by atoms with Crippen LogP contribution in [-0.2, 0) is 19.1 Å². The third-order valence-electron chi connectivity index (χ3n) is 3.94. The maximum Gasteiger partial charge on any atom is 0.217 e. The van der Waals surface area contributed by atoms with Crippen molar-refractivity contribution in [1.29, 1.82) is 0 Å². The second kappa shape index (κ2) is 9.88. The molecule has 5 atom stereocenters. The number of hydrogen-bond donors (Lipinski definition) is 3. The van der Waals surface area contributed by atoms with E-state index in [0.29, 0.717) is 6.61 Å². The van der Waals surface area contributed by atoms with Crippen LogP contribution in [0.2, 0.25) is 25.7 Å². The Hall–Kier alpha value is -1.65. The average molecular weight is 388 g/mol. The van der Waals surface area contributed by atoms with E-state index in [1.165, 1.54) is 13.8 Å². The standard InChI is InChI=1S/C15H29N5O5Si/c1-9(21)18-12-11(8-17-20-16)25-15(24-6-7-26(3,4)5)13(14(12)23)19-10(2)22/h11-15,23H,6-8H2,1-5H3,(H,18,21)(H,19,22)/t11?,12-,13-,14?,15-/m1/s1. The van der Waals surface area contributed by atoms with Crippen molar-refractivity contribution in [3.05, 3.63) is 10.4 Å². The first-order chi connectivity index (χ1) is 12.0. The summed E-state index contributed by atoms with van der Waals surface area (Å²) >= 11 is 0. The maximum absolute atomic E-state index is 11.5. The first-order valence-electron chi connectivity index (χ1n) is 8.55. The predicted molar refractivity (Wildman–Crippen MR) is 98.0 cm³/mol. The molecule has 0 aromatic rings. The minimum absolute atomic E-state index is 0.0841. The van der Waals surface area contributed by atoms with Crippen LogP contribution in [0.1, 0.15) is 13.8 Å². The van der Waals surface area contributed by atoms with Crippen LogP contribution in [0.15, 0.2) is 5.11 Å². The highest BCUT2D eigenvalue weighted by Gasteiger charge is 2.46. The van der Waals surface area contributed by atoms with Crippen molar-refractivity contribution in [2.24, 2.45) is 5.11 Å². The monoisotopic (exact) mass is 387 g/mol. The lowest BCUT2D eigenvalue weighted by Gasteiger charge is -2.44. The summed E-state index contributed by atoms with van der Waals surface area (Å²) in [6, 6.07) is -0.814. The van der Waals surface area contributed by atoms with Gasteiger partial charge < -0.3 is 25.2 Å². The average Bonchev–Trinajstić information content (AvgIpc) is 2.50. The Morgan fingerprint density at radius 2 is 1.81 bits per heavy atom. The zero-order chi connectivity index (χ0) is 19.9. The molecule has 1 fully saturated rings. The van der Waals surface area contributed by atoms with Crippen molar-refractivity contribution >= 4 is 19.9 Å². The van der Waals surface area contributed by atoms with Gasteiger partial charge in [-0.05, 0) is 11.6 Å². The Kier molecular flexibility index (Phi) is 8.51. The fourth-order valence-electron chi connectivity index (χ4n) is 2.64. The Bertz CT molecular complexity index is 549. The normalized spacial score (nSPS) is 28.8. The molecule has 11 heteroatoms. The summed E-state index contributed by atoms with van der Waals surface area (Å²) in [5, 5.41) is 19.4. The van der Waals surface area contributed by atoms with Crippen molar-refractivity contribution in [3.8, 4) is 0 Å². The molecule has 1 aliphatic heterocycles. The maximum atomic E-state index is 11.5. The molecule has 26 heavy (non-hydrogen) atoms. The van der Waals surface area contributed by atoms with Crippen LogP contribution >= 0.6 is 0 Å². The molecule has 1 aliphatic rings. The molecule has 10 nitrogen and oxygen atoms in total. The molecule has 3 N–H and O–H groups in total. The van der Waals surface area contributed by atoms with E-state index in [9.17, 15) is 14.7 Å². The largest absolute Gasteiger partial charge is 0.389 e. The summed E-state index contributed by atoms with van der Waals surface area (Å²) < 4.78 is 11.6. The van der Waals surface area contributed by atoms with E-state index in [1.54, 1.807) is 0 Å². The SMILES string of the molecule is CC(=O)N[C@@H]1C(CN=[N+]=[N-])O[C@@H](OCC[Si](C)(C)C)[C@H](NC(C)=O)C1O. The number of amides is 2. The molecular formula is C15H29N5O5Si. The predicted octanol–water partition coefficient (Wildman–Crippen LogP) is 0.747. The number of azide groups is 1. The Morgan fingerprint density at radius 1 is 1.23 bits per heavy atom. The summed E-state index contributed by atoms with van der Waals surface area (Å²) in [7, 11) is -1.34. The van der Waals surface area contributed by atoms with Gasteiger partial charge in [0.05, 0.1) is 18.7 Å². The molecule has 0 aromatic heterocycles. The number of ether oxygens (including phenoxy) is 2. The molecule has 0 aliphatic carbocycles. The van der Waals surface area contributed by atoms with Gasteiger partial charge in [-0.25, -0.2) is 0 Å². The number of aliphatic hydroxyl groups excluding tert-OH is 1. The fraction of sp³-hybridized carbons (Fsp3) is 0.867. The molecule has 0 saturated carbocycles. The number of hydrogen-bond acceptors (Lipinski definition) is 6. The van der Waals surface area contributed by atoms with Crippen molar-refractivity contribution in [2.45, 2.75) is 70.1 Å². The fourth-order valence-corrected chi connectivity index (χ4v) is 3.38. The molecule has 1 rings (SSSR count). The Balaban J connectivity index is 2.98. The van der Waals surface area contributed by atoms with Gasteiger partial charge in [-0.2, -0.15) is 0 Å². The molecule has 1 heterocycles. The van der Waals surface area contributed by atoms with Gasteiger partial charge in [0, 0.05) is 33.4 Å². The van der Waals surface area contributed by atoms with Gasteiger partial charge >= 0.3 is 0 Å². The van der Waals surface area contributed by atoms with Gasteiger partial charge in [-0.1, -0.05) is 24.8 Å². The van der Waals surface area contributed by atoms with E-state index in [1.807, 2.05) is 0 Å². The highest BCUT2D eigenvalue weighted by atomic mass is 28.3. The Morgan fingerprint density at radius 3 is 2.31 bits per heavy atom. The number of nitrogens with one attached hydrogen (secondary N) is 2. The molecule has 2 amide bonds. The number of carbonyl (C=O) groups excluding carboxylic acids is 2. The number of rotatable bonds is 8. The molecule has 0 spiro atoms. The quantitative estimate of drug-likeness (QED) is 0.243. The summed E-state index contributed by atoms with van der Waals surface area (Å²) in [4.78, 5) is 25.7. The topological polar surface area (TPSA) is 146 Å². The lowest BCUT2D eigenvalue weighted by atomic mass is 9.93. The first-order valence-corrected chi connectivity index (χ1v) is 12.3. The van der Waals surface area contributed by atoms with Crippen LogP contribution in [0.25, 0.3) is 10.4 Å². The molecule has 2 unspecified atom stereocenters. The smallest absolute Gasteiger partial charge is 0.217 e. The van der Waals surface area contributed by atoms with Crippen LogP contribution in [-0.4, -0.2) is 68.7 Å². The summed E-state index contributed by atoms with van der Waals surface area (Å²) in [6.07, 6.45) is -2.84. The molecule has 1 saturated heterocycles. The summed E-state index contributed by atoms with van der Waals surface area (Å²) in [5.74, 6) is -0.727. The van der Waals surface area contributed by atoms with Crippen LogP contribution in [0.5, 0.6) is 0 Å². The number of aliphatic hydroxyl groups is 1. The molecule has 0 bridgehead atoms. The van der Waals surface area contributed by atoms with Gasteiger partial charge in [-0.3, -0.25) is 9.59 Å². The minimum atomic E-state index is -1.34. The van der Waals surface area contributed by atoms with Crippen LogP contribution < -0.4 is 10.6 Å². The second-order valence-electron chi connectivity index (χ2n) is 7.58. The minimum Gasteiger partial charge on any atom is -0.389 e. The second-order valence-corrected chi connectivity index (χ2v) is 13.2. The van der Waals surface area contributed by atoms with Crippen LogP contribution in [0.3, 0.4) is 0 Å². The molecule has 148 valence electrons. The van der Waals surface area contributed by atoms with Crippen LogP contribution in [0.4, 0.5) is 0 Å². The van der Waals surface area contributed by atoms with Gasteiger partial charge in [0.15, 0.2) is 6.29 Å².